The van der Waals surface area contributed by atoms with E-state index in [1.54, 1.807) is 17.1 Å². The minimum Gasteiger partial charge on any atom is -0.463 e. The van der Waals surface area contributed by atoms with E-state index < -0.39 is 47.6 Å². The van der Waals surface area contributed by atoms with Crippen LogP contribution in [0.2, 0.25) is 0 Å². The van der Waals surface area contributed by atoms with Gasteiger partial charge in [-0.05, 0) is 50.0 Å². The molecule has 1 saturated carbocycles. The van der Waals surface area contributed by atoms with Crippen molar-refractivity contribution >= 4 is 23.7 Å². The molecule has 5 rings (SSSR count). The number of likely N-dealkylation sites (tertiary alicyclic amines) is 1. The predicted octanol–water partition coefficient (Wildman–Crippen LogP) is 4.48. The van der Waals surface area contributed by atoms with E-state index in [4.69, 9.17) is 9.47 Å². The summed E-state index contributed by atoms with van der Waals surface area (Å²) in [6, 6.07) is 7.12. The van der Waals surface area contributed by atoms with Gasteiger partial charge in [0.15, 0.2) is 0 Å². The number of esters is 1. The van der Waals surface area contributed by atoms with Crippen LogP contribution < -0.4 is 5.32 Å². The monoisotopic (exact) mass is 663 g/mol. The van der Waals surface area contributed by atoms with E-state index in [1.807, 2.05) is 49.1 Å². The minimum atomic E-state index is -1.18. The number of nitrogens with one attached hydrogen (secondary N) is 1. The van der Waals surface area contributed by atoms with Crippen LogP contribution >= 0.6 is 0 Å². The van der Waals surface area contributed by atoms with E-state index in [0.29, 0.717) is 32.2 Å². The molecule has 262 valence electrons. The molecular formula is C38H53N3O7. The molecule has 3 amide bonds. The third-order valence-corrected chi connectivity index (χ3v) is 10.7. The Morgan fingerprint density at radius 3 is 2.50 bits per heavy atom. The minimum absolute atomic E-state index is 0.0350. The van der Waals surface area contributed by atoms with Crippen molar-refractivity contribution in [3.63, 3.8) is 0 Å². The maximum Gasteiger partial charge on any atom is 0.306 e. The molecule has 10 heteroatoms. The number of ether oxygens (including phenoxy) is 2. The van der Waals surface area contributed by atoms with Gasteiger partial charge in [-0.15, -0.1) is 13.2 Å². The zero-order valence-corrected chi connectivity index (χ0v) is 28.6. The zero-order chi connectivity index (χ0) is 34.4. The molecule has 0 unspecified atom stereocenters. The molecule has 10 nitrogen and oxygen atoms in total. The lowest BCUT2D eigenvalue weighted by Crippen LogP contribution is -2.60. The summed E-state index contributed by atoms with van der Waals surface area (Å²) in [5, 5.41) is 13.7. The van der Waals surface area contributed by atoms with E-state index in [9.17, 15) is 24.3 Å². The van der Waals surface area contributed by atoms with E-state index in [-0.39, 0.29) is 49.3 Å². The molecule has 1 aromatic carbocycles. The molecule has 1 aromatic rings. The Bertz CT molecular complexity index is 1330. The molecule has 3 aliphatic heterocycles. The molecule has 3 saturated heterocycles. The Hall–Kier alpha value is -3.50. The van der Waals surface area contributed by atoms with Gasteiger partial charge >= 0.3 is 5.97 Å². The van der Waals surface area contributed by atoms with Gasteiger partial charge < -0.3 is 29.7 Å². The summed E-state index contributed by atoms with van der Waals surface area (Å²) in [6.07, 6.45) is 10.0. The number of amides is 3. The molecule has 0 radical (unpaired) electrons. The summed E-state index contributed by atoms with van der Waals surface area (Å²) in [6.45, 7) is 11.6. The van der Waals surface area contributed by atoms with Crippen LogP contribution in [0.25, 0.3) is 0 Å². The van der Waals surface area contributed by atoms with Gasteiger partial charge in [0, 0.05) is 19.0 Å². The number of benzene rings is 1. The molecule has 3 heterocycles. The van der Waals surface area contributed by atoms with Gasteiger partial charge in [0.05, 0.1) is 36.6 Å². The lowest BCUT2D eigenvalue weighted by atomic mass is 9.70. The van der Waals surface area contributed by atoms with Gasteiger partial charge in [-0.1, -0.05) is 75.6 Å². The highest BCUT2D eigenvalue weighted by atomic mass is 16.5. The van der Waals surface area contributed by atoms with Crippen molar-refractivity contribution < 1.29 is 33.8 Å². The van der Waals surface area contributed by atoms with Gasteiger partial charge in [-0.25, -0.2) is 0 Å². The molecule has 2 N–H and O–H groups in total. The van der Waals surface area contributed by atoms with E-state index >= 15 is 0 Å². The number of carbonyl (C=O) groups excluding carboxylic acids is 4. The SMILES string of the molecule is C=CCCC(=O)OC[C@@H](NC(=O)[C@@H]1[C@H]2C(=O)N([C@@H](CO)CC(C)C)[C@H](C(=O)N(CC=C)C3CCCCC3)[C@]23CC[C@H]1O3)c1ccccc1. The summed E-state index contributed by atoms with van der Waals surface area (Å²) < 4.78 is 12.3. The van der Waals surface area contributed by atoms with Crippen LogP contribution in [0.1, 0.15) is 89.7 Å². The molecule has 4 aliphatic rings. The standard InChI is InChI=1S/C38H53N3O7/c1-5-7-18-31(43)47-24-29(26-14-10-8-11-15-26)39-35(44)32-30-19-20-38(48-30)33(32)36(45)41(28(23-42)22-25(3)4)34(38)37(46)40(21-6-2)27-16-12-9-13-17-27/h5-6,8,10-11,14-15,25,27-30,32-34,42H,1-2,7,9,12-13,16-24H2,3-4H3,(H,39,44)/t28-,29-,30-,32+,33+,34-,38+/m1/s1. The van der Waals surface area contributed by atoms with Crippen LogP contribution in [-0.4, -0.2) is 88.2 Å². The molecule has 4 fully saturated rings. The summed E-state index contributed by atoms with van der Waals surface area (Å²) in [4.78, 5) is 59.7. The molecular weight excluding hydrogens is 610 g/mol. The maximum absolute atomic E-state index is 14.9. The van der Waals surface area contributed by atoms with Crippen LogP contribution in [0.15, 0.2) is 55.6 Å². The second-order valence-electron chi connectivity index (χ2n) is 14.3. The third-order valence-electron chi connectivity index (χ3n) is 10.7. The zero-order valence-electron chi connectivity index (χ0n) is 28.6. The van der Waals surface area contributed by atoms with Gasteiger partial charge in [0.2, 0.25) is 17.7 Å². The number of hydrogen-bond acceptors (Lipinski definition) is 7. The fraction of sp³-hybridized carbons (Fsp3) is 0.632. The van der Waals surface area contributed by atoms with Crippen molar-refractivity contribution in [1.82, 2.24) is 15.1 Å². The van der Waals surface area contributed by atoms with Crippen LogP contribution in [0, 0.1) is 17.8 Å². The highest BCUT2D eigenvalue weighted by Crippen LogP contribution is 2.59. The Kier molecular flexibility index (Phi) is 11.8. The van der Waals surface area contributed by atoms with E-state index in [2.05, 4.69) is 18.5 Å². The average Bonchev–Trinajstić information content (AvgIpc) is 3.74. The fourth-order valence-corrected chi connectivity index (χ4v) is 8.63. The summed E-state index contributed by atoms with van der Waals surface area (Å²) in [5.74, 6) is -2.82. The Labute approximate surface area is 284 Å². The number of aliphatic hydroxyl groups is 1. The van der Waals surface area contributed by atoms with Crippen LogP contribution in [0.3, 0.4) is 0 Å². The van der Waals surface area contributed by atoms with Crippen molar-refractivity contribution in [3.05, 3.63) is 61.2 Å². The number of carbonyl (C=O) groups is 4. The first-order valence-corrected chi connectivity index (χ1v) is 17.8. The van der Waals surface area contributed by atoms with Crippen LogP contribution in [-0.2, 0) is 28.7 Å². The number of nitrogens with zero attached hydrogens (tertiary/aromatic N) is 2. The fourth-order valence-electron chi connectivity index (χ4n) is 8.63. The first-order chi connectivity index (χ1) is 23.2. The lowest BCUT2D eigenvalue weighted by molar-refractivity contribution is -0.153. The molecule has 1 aliphatic carbocycles. The predicted molar refractivity (Wildman–Crippen MR) is 181 cm³/mol. The van der Waals surface area contributed by atoms with Crippen LogP contribution in [0.5, 0.6) is 0 Å². The highest BCUT2D eigenvalue weighted by molar-refractivity contribution is 5.99. The normalized spacial score (nSPS) is 27.8. The number of aliphatic hydroxyl groups excluding tert-OH is 1. The Morgan fingerprint density at radius 1 is 1.12 bits per heavy atom. The molecule has 7 atom stereocenters. The molecule has 48 heavy (non-hydrogen) atoms. The quantitative estimate of drug-likeness (QED) is 0.197. The number of hydrogen-bond donors (Lipinski definition) is 2. The summed E-state index contributed by atoms with van der Waals surface area (Å²) >= 11 is 0. The van der Waals surface area contributed by atoms with Gasteiger partial charge in [0.25, 0.3) is 0 Å². The largest absolute Gasteiger partial charge is 0.463 e. The van der Waals surface area contributed by atoms with Crippen molar-refractivity contribution in [1.29, 1.82) is 0 Å². The third kappa shape index (κ3) is 7.10. The van der Waals surface area contributed by atoms with Crippen molar-refractivity contribution in [2.24, 2.45) is 17.8 Å². The first-order valence-electron chi connectivity index (χ1n) is 17.8. The molecule has 1 spiro atoms. The summed E-state index contributed by atoms with van der Waals surface area (Å²) in [5.41, 5.74) is -0.419. The Balaban J connectivity index is 1.47. The highest BCUT2D eigenvalue weighted by Gasteiger charge is 2.75. The lowest BCUT2D eigenvalue weighted by Gasteiger charge is -2.42. The van der Waals surface area contributed by atoms with Crippen molar-refractivity contribution in [2.45, 2.75) is 114 Å². The maximum atomic E-state index is 14.9. The Morgan fingerprint density at radius 2 is 1.85 bits per heavy atom. The topological polar surface area (TPSA) is 125 Å². The smallest absolute Gasteiger partial charge is 0.306 e. The average molecular weight is 664 g/mol. The number of allylic oxidation sites excluding steroid dienone is 1. The van der Waals surface area contributed by atoms with E-state index in [0.717, 1.165) is 37.7 Å². The van der Waals surface area contributed by atoms with Crippen molar-refractivity contribution in [2.75, 3.05) is 19.8 Å². The van der Waals surface area contributed by atoms with Gasteiger partial charge in [0.1, 0.15) is 18.2 Å². The van der Waals surface area contributed by atoms with Crippen LogP contribution in [0.4, 0.5) is 0 Å². The van der Waals surface area contributed by atoms with Gasteiger partial charge in [-0.2, -0.15) is 0 Å². The summed E-state index contributed by atoms with van der Waals surface area (Å²) in [7, 11) is 0. The molecule has 0 aromatic heterocycles. The first kappa shape index (κ1) is 35.8. The molecule has 2 bridgehead atoms. The van der Waals surface area contributed by atoms with Gasteiger partial charge in [-0.3, -0.25) is 19.2 Å². The van der Waals surface area contributed by atoms with E-state index in [1.165, 1.54) is 0 Å². The second-order valence-corrected chi connectivity index (χ2v) is 14.3. The van der Waals surface area contributed by atoms with Crippen molar-refractivity contribution in [3.8, 4) is 0 Å². The second kappa shape index (κ2) is 15.8. The number of rotatable bonds is 16. The number of fused-ring (bicyclic) bond motifs is 1.